The first-order valence-corrected chi connectivity index (χ1v) is 16.9. The van der Waals surface area contributed by atoms with E-state index in [2.05, 4.69) is 137 Å². The number of unbranched alkanes of at least 4 members (excludes halogenated alkanes) is 1. The second-order valence-electron chi connectivity index (χ2n) is 11.3. The first-order valence-electron chi connectivity index (χ1n) is 16.0. The molecule has 1 unspecified atom stereocenters. The van der Waals surface area contributed by atoms with Gasteiger partial charge in [0.25, 0.3) is 0 Å². The SMILES string of the molecule is CCN(CC)c1ccc(C(c2ccc(N(C)CCCCC3CO3)cc2)c2ccc(N(CC)CC)cc2C)c(C)c1.CS. The molecule has 4 rings (SSSR count). The largest absolute Gasteiger partial charge is 0.375 e. The summed E-state index contributed by atoms with van der Waals surface area (Å²) in [4.78, 5) is 7.25. The van der Waals surface area contributed by atoms with Crippen LogP contribution in [0.15, 0.2) is 60.7 Å². The Kier molecular flexibility index (Phi) is 13.6. The summed E-state index contributed by atoms with van der Waals surface area (Å²) in [5, 5.41) is 0. The lowest BCUT2D eigenvalue weighted by Crippen LogP contribution is -2.22. The van der Waals surface area contributed by atoms with Gasteiger partial charge in [-0.05, 0) is 131 Å². The molecule has 3 aromatic rings. The van der Waals surface area contributed by atoms with Crippen molar-refractivity contribution in [2.45, 2.75) is 72.8 Å². The molecule has 0 spiro atoms. The van der Waals surface area contributed by atoms with Gasteiger partial charge < -0.3 is 19.4 Å². The molecule has 1 aliphatic heterocycles. The molecule has 4 nitrogen and oxygen atoms in total. The average molecular weight is 590 g/mol. The summed E-state index contributed by atoms with van der Waals surface area (Å²) >= 11 is 3.53. The van der Waals surface area contributed by atoms with Gasteiger partial charge >= 0.3 is 0 Å². The molecular formula is C37H55N3OS. The number of anilines is 3. The quantitative estimate of drug-likeness (QED) is 0.0828. The van der Waals surface area contributed by atoms with Crippen LogP contribution in [0.2, 0.25) is 0 Å². The van der Waals surface area contributed by atoms with Crippen molar-refractivity contribution in [2.24, 2.45) is 0 Å². The molecule has 3 aromatic carbocycles. The Labute approximate surface area is 262 Å². The van der Waals surface area contributed by atoms with Crippen molar-refractivity contribution >= 4 is 29.7 Å². The Bertz CT molecular complexity index is 1150. The number of nitrogens with zero attached hydrogens (tertiary/aromatic N) is 3. The van der Waals surface area contributed by atoms with Gasteiger partial charge in [0.2, 0.25) is 0 Å². The minimum absolute atomic E-state index is 0.189. The number of epoxide rings is 1. The molecule has 42 heavy (non-hydrogen) atoms. The number of benzene rings is 3. The van der Waals surface area contributed by atoms with Crippen LogP contribution in [-0.2, 0) is 4.74 Å². The van der Waals surface area contributed by atoms with E-state index in [0.717, 1.165) is 39.3 Å². The molecule has 1 saturated heterocycles. The van der Waals surface area contributed by atoms with Crippen LogP contribution < -0.4 is 14.7 Å². The number of thiol groups is 1. The third-order valence-corrected chi connectivity index (χ3v) is 8.73. The Morgan fingerprint density at radius 3 is 1.57 bits per heavy atom. The molecule has 1 atom stereocenters. The molecule has 0 radical (unpaired) electrons. The van der Waals surface area contributed by atoms with Crippen molar-refractivity contribution in [1.29, 1.82) is 0 Å². The third kappa shape index (κ3) is 8.70. The predicted octanol–water partition coefficient (Wildman–Crippen LogP) is 8.73. The van der Waals surface area contributed by atoms with Crippen molar-refractivity contribution in [2.75, 3.05) is 67.3 Å². The molecular weight excluding hydrogens is 534 g/mol. The van der Waals surface area contributed by atoms with E-state index in [9.17, 15) is 0 Å². The molecule has 0 aromatic heterocycles. The molecule has 0 N–H and O–H groups in total. The Hall–Kier alpha value is -2.63. The van der Waals surface area contributed by atoms with Crippen LogP contribution in [0, 0.1) is 13.8 Å². The highest BCUT2D eigenvalue weighted by Crippen LogP contribution is 2.38. The van der Waals surface area contributed by atoms with Crippen LogP contribution in [0.1, 0.15) is 80.7 Å². The van der Waals surface area contributed by atoms with E-state index >= 15 is 0 Å². The fourth-order valence-electron chi connectivity index (χ4n) is 6.07. The van der Waals surface area contributed by atoms with E-state index in [-0.39, 0.29) is 5.92 Å². The standard InChI is InChI=1S/C36H51N3O.CH4S/c1-8-38(9-2)31-19-21-34(27(5)24-31)36(35-22-20-32(25-28(35)6)39(10-3)11-4)29-15-17-30(18-16-29)37(7)23-13-12-14-33-26-40-33;1-2/h15-22,24-25,33,36H,8-14,23,26H2,1-7H3;2H,1H3. The first kappa shape index (κ1) is 33.9. The monoisotopic (exact) mass is 589 g/mol. The van der Waals surface area contributed by atoms with Gasteiger partial charge in [0.05, 0.1) is 12.7 Å². The van der Waals surface area contributed by atoms with Gasteiger partial charge in [0.1, 0.15) is 0 Å². The summed E-state index contributed by atoms with van der Waals surface area (Å²) < 4.78 is 5.37. The zero-order valence-corrected chi connectivity index (χ0v) is 28.4. The molecule has 0 bridgehead atoms. The fourth-order valence-corrected chi connectivity index (χ4v) is 6.07. The van der Waals surface area contributed by atoms with E-state index in [1.807, 2.05) is 0 Å². The van der Waals surface area contributed by atoms with Crippen LogP contribution in [0.25, 0.3) is 0 Å². The van der Waals surface area contributed by atoms with Crippen molar-refractivity contribution in [3.05, 3.63) is 88.5 Å². The van der Waals surface area contributed by atoms with Crippen molar-refractivity contribution in [3.8, 4) is 0 Å². The van der Waals surface area contributed by atoms with Gasteiger partial charge in [-0.2, -0.15) is 12.6 Å². The maximum atomic E-state index is 5.37. The van der Waals surface area contributed by atoms with Crippen LogP contribution in [-0.4, -0.2) is 58.7 Å². The van der Waals surface area contributed by atoms with E-state index in [1.165, 1.54) is 64.1 Å². The highest BCUT2D eigenvalue weighted by molar-refractivity contribution is 7.79. The number of hydrogen-bond donors (Lipinski definition) is 1. The second-order valence-corrected chi connectivity index (χ2v) is 11.3. The highest BCUT2D eigenvalue weighted by Gasteiger charge is 2.23. The maximum absolute atomic E-state index is 5.37. The van der Waals surface area contributed by atoms with E-state index in [1.54, 1.807) is 6.26 Å². The topological polar surface area (TPSA) is 22.2 Å². The van der Waals surface area contributed by atoms with Gasteiger partial charge in [-0.3, -0.25) is 0 Å². The molecule has 0 saturated carbocycles. The van der Waals surface area contributed by atoms with E-state index in [0.29, 0.717) is 6.10 Å². The van der Waals surface area contributed by atoms with Crippen LogP contribution in [0.3, 0.4) is 0 Å². The predicted molar refractivity (Wildman–Crippen MR) is 189 cm³/mol. The summed E-state index contributed by atoms with van der Waals surface area (Å²) in [5.41, 5.74) is 10.7. The number of ether oxygens (including phenoxy) is 1. The van der Waals surface area contributed by atoms with Crippen LogP contribution >= 0.6 is 12.6 Å². The second kappa shape index (κ2) is 16.9. The first-order chi connectivity index (χ1) is 20.4. The van der Waals surface area contributed by atoms with Gasteiger partial charge in [0.15, 0.2) is 0 Å². The lowest BCUT2D eigenvalue weighted by molar-refractivity contribution is 0.390. The molecule has 1 aliphatic rings. The van der Waals surface area contributed by atoms with Crippen molar-refractivity contribution in [1.82, 2.24) is 0 Å². The summed E-state index contributed by atoms with van der Waals surface area (Å²) in [7, 11) is 2.21. The van der Waals surface area contributed by atoms with Gasteiger partial charge in [0, 0.05) is 62.8 Å². The molecule has 0 aliphatic carbocycles. The normalized spacial score (nSPS) is 13.9. The highest BCUT2D eigenvalue weighted by atomic mass is 32.1. The lowest BCUT2D eigenvalue weighted by atomic mass is 9.81. The summed E-state index contributed by atoms with van der Waals surface area (Å²) in [6.45, 7) is 19.6. The van der Waals surface area contributed by atoms with Gasteiger partial charge in [-0.1, -0.05) is 24.3 Å². The smallest absolute Gasteiger partial charge is 0.0810 e. The minimum Gasteiger partial charge on any atom is -0.375 e. The number of aryl methyl sites for hydroxylation is 2. The Balaban J connectivity index is 0.00000237. The van der Waals surface area contributed by atoms with Gasteiger partial charge in [-0.15, -0.1) is 0 Å². The maximum Gasteiger partial charge on any atom is 0.0810 e. The van der Waals surface area contributed by atoms with E-state index in [4.69, 9.17) is 4.74 Å². The Morgan fingerprint density at radius 1 is 0.714 bits per heavy atom. The molecule has 230 valence electrons. The summed E-state index contributed by atoms with van der Waals surface area (Å²) in [5.74, 6) is 0.189. The molecule has 0 amide bonds. The van der Waals surface area contributed by atoms with Crippen molar-refractivity contribution < 1.29 is 4.74 Å². The zero-order chi connectivity index (χ0) is 30.6. The average Bonchev–Trinajstić information content (AvgIpc) is 3.84. The fraction of sp³-hybridized carbons (Fsp3) is 0.514. The minimum atomic E-state index is 0.189. The lowest BCUT2D eigenvalue weighted by Gasteiger charge is -2.28. The van der Waals surface area contributed by atoms with E-state index < -0.39 is 0 Å². The summed E-state index contributed by atoms with van der Waals surface area (Å²) in [6, 6.07) is 23.5. The zero-order valence-electron chi connectivity index (χ0n) is 27.5. The molecule has 5 heteroatoms. The number of rotatable bonds is 15. The number of hydrogen-bond acceptors (Lipinski definition) is 5. The third-order valence-electron chi connectivity index (χ3n) is 8.73. The molecule has 1 fully saturated rings. The summed E-state index contributed by atoms with van der Waals surface area (Å²) in [6.07, 6.45) is 5.88. The van der Waals surface area contributed by atoms with Gasteiger partial charge in [-0.25, -0.2) is 0 Å². The van der Waals surface area contributed by atoms with Crippen molar-refractivity contribution in [3.63, 3.8) is 0 Å². The van der Waals surface area contributed by atoms with Crippen LogP contribution in [0.4, 0.5) is 17.1 Å². The Morgan fingerprint density at radius 2 is 1.17 bits per heavy atom. The molecule has 1 heterocycles. The van der Waals surface area contributed by atoms with Crippen LogP contribution in [0.5, 0.6) is 0 Å².